The van der Waals surface area contributed by atoms with Crippen LogP contribution in [-0.2, 0) is 16.0 Å². The summed E-state index contributed by atoms with van der Waals surface area (Å²) in [5, 5.41) is 12.7. The van der Waals surface area contributed by atoms with Crippen LogP contribution in [0.3, 0.4) is 0 Å². The third kappa shape index (κ3) is 1.67. The van der Waals surface area contributed by atoms with E-state index in [1.54, 1.807) is 0 Å². The Balaban J connectivity index is 1.88. The van der Waals surface area contributed by atoms with E-state index in [-0.39, 0.29) is 18.1 Å². The zero-order valence-electron chi connectivity index (χ0n) is 11.8. The van der Waals surface area contributed by atoms with Crippen molar-refractivity contribution in [3.63, 3.8) is 0 Å². The van der Waals surface area contributed by atoms with E-state index >= 15 is 0 Å². The van der Waals surface area contributed by atoms with E-state index in [9.17, 15) is 10.0 Å². The van der Waals surface area contributed by atoms with Gasteiger partial charge in [0.2, 0.25) is 0 Å². The predicted octanol–water partition coefficient (Wildman–Crippen LogP) is 0.602. The van der Waals surface area contributed by atoms with Gasteiger partial charge in [0.25, 0.3) is 0 Å². The number of ether oxygens (including phenoxy) is 1. The number of esters is 1. The van der Waals surface area contributed by atoms with Gasteiger partial charge in [-0.1, -0.05) is 29.4 Å². The number of carbonyl (C=O) groups excluding carboxylic acids is 1. The Morgan fingerprint density at radius 3 is 3.00 bits per heavy atom. The fourth-order valence-electron chi connectivity index (χ4n) is 3.96. The molecule has 3 heterocycles. The minimum Gasteiger partial charge on any atom is -0.448 e. The molecule has 0 saturated heterocycles. The summed E-state index contributed by atoms with van der Waals surface area (Å²) in [5.74, 6) is -0.352. The maximum Gasteiger partial charge on any atom is 0.346 e. The summed E-state index contributed by atoms with van der Waals surface area (Å²) < 4.78 is 5.35. The van der Waals surface area contributed by atoms with E-state index in [1.165, 1.54) is 16.0 Å². The number of benzene rings is 1. The van der Waals surface area contributed by atoms with Crippen molar-refractivity contribution >= 4 is 11.7 Å². The van der Waals surface area contributed by atoms with Crippen LogP contribution in [-0.4, -0.2) is 29.5 Å². The number of carbonyl (C=O) groups is 1. The molecule has 5 nitrogen and oxygen atoms in total. The molecule has 1 aromatic rings. The molecule has 3 unspecified atom stereocenters. The van der Waals surface area contributed by atoms with Crippen LogP contribution in [0.15, 0.2) is 40.7 Å². The highest BCUT2D eigenvalue weighted by Gasteiger charge is 2.50. The number of oxime groups is 1. The lowest BCUT2D eigenvalue weighted by atomic mass is 9.84. The molecule has 0 aromatic heterocycles. The Bertz CT molecular complexity index is 693. The molecule has 4 rings (SSSR count). The van der Waals surface area contributed by atoms with E-state index in [2.05, 4.69) is 23.4 Å². The van der Waals surface area contributed by atoms with Crippen molar-refractivity contribution in [1.29, 1.82) is 0 Å². The van der Waals surface area contributed by atoms with Crippen LogP contribution in [0.2, 0.25) is 0 Å². The average molecular weight is 285 g/mol. The highest BCUT2D eigenvalue weighted by Crippen LogP contribution is 2.32. The molecule has 0 amide bonds. The number of nitrogens with zero attached hydrogens (tertiary/aromatic N) is 1. The molecule has 3 aliphatic rings. The summed E-state index contributed by atoms with van der Waals surface area (Å²) in [6, 6.07) is 8.61. The van der Waals surface area contributed by atoms with Gasteiger partial charge in [-0.2, -0.15) is 0 Å². The molecule has 0 fully saturated rings. The second kappa shape index (κ2) is 4.43. The normalized spacial score (nSPS) is 32.5. The monoisotopic (exact) mass is 285 g/mol. The standard InChI is InChI=1S/C16H16N2O3/c1-9-15-14(16(19)21-9)12(17-20)8-13-11-5-3-2-4-10(11)6-7-18(13)15/h2-5,9,13,20H,6-8H2,1H3/p+1. The van der Waals surface area contributed by atoms with Gasteiger partial charge in [0, 0.05) is 12.0 Å². The molecule has 0 aliphatic carbocycles. The van der Waals surface area contributed by atoms with Crippen molar-refractivity contribution in [3.8, 4) is 0 Å². The van der Waals surface area contributed by atoms with Crippen molar-refractivity contribution in [3.05, 3.63) is 46.7 Å². The molecule has 0 spiro atoms. The highest BCUT2D eigenvalue weighted by atomic mass is 16.5. The molecule has 0 saturated carbocycles. The first-order chi connectivity index (χ1) is 10.2. The summed E-state index contributed by atoms with van der Waals surface area (Å²) in [4.78, 5) is 13.3. The number of cyclic esters (lactones) is 1. The van der Waals surface area contributed by atoms with Crippen molar-refractivity contribution < 1.29 is 19.6 Å². The van der Waals surface area contributed by atoms with Crippen LogP contribution in [0, 0.1) is 0 Å². The minimum atomic E-state index is -0.352. The number of hydrogen-bond acceptors (Lipinski definition) is 4. The molecule has 21 heavy (non-hydrogen) atoms. The van der Waals surface area contributed by atoms with E-state index in [4.69, 9.17) is 4.74 Å². The molecule has 3 aliphatic heterocycles. The van der Waals surface area contributed by atoms with Crippen LogP contribution in [0.4, 0.5) is 0 Å². The molecular formula is C16H17N2O3+. The Morgan fingerprint density at radius 1 is 1.38 bits per heavy atom. The number of rotatable bonds is 0. The molecule has 2 N–H and O–H groups in total. The fourth-order valence-corrected chi connectivity index (χ4v) is 3.96. The van der Waals surface area contributed by atoms with Gasteiger partial charge in [-0.3, -0.25) is 4.90 Å². The first-order valence-corrected chi connectivity index (χ1v) is 7.31. The molecule has 5 heteroatoms. The van der Waals surface area contributed by atoms with Gasteiger partial charge < -0.3 is 9.94 Å². The zero-order valence-corrected chi connectivity index (χ0v) is 11.8. The Hall–Kier alpha value is -2.14. The highest BCUT2D eigenvalue weighted by molar-refractivity contribution is 6.21. The molecule has 0 bridgehead atoms. The van der Waals surface area contributed by atoms with Gasteiger partial charge in [-0.05, 0) is 12.5 Å². The van der Waals surface area contributed by atoms with Crippen molar-refractivity contribution in [1.82, 2.24) is 0 Å². The predicted molar refractivity (Wildman–Crippen MR) is 75.1 cm³/mol. The SMILES string of the molecule is CC1OC(=O)C2=C1[NH+]1CCc3ccccc3C1CC2=NO. The fraction of sp³-hybridized carbons (Fsp3) is 0.375. The third-order valence-corrected chi connectivity index (χ3v) is 4.83. The number of hydrogen-bond donors (Lipinski definition) is 2. The molecule has 3 atom stereocenters. The van der Waals surface area contributed by atoms with Gasteiger partial charge >= 0.3 is 5.97 Å². The van der Waals surface area contributed by atoms with Gasteiger partial charge in [0.1, 0.15) is 17.3 Å². The van der Waals surface area contributed by atoms with Crippen LogP contribution < -0.4 is 4.90 Å². The molecule has 0 radical (unpaired) electrons. The summed E-state index contributed by atoms with van der Waals surface area (Å²) in [6.45, 7) is 2.84. The van der Waals surface area contributed by atoms with Crippen LogP contribution in [0.5, 0.6) is 0 Å². The Labute approximate surface area is 122 Å². The van der Waals surface area contributed by atoms with Crippen LogP contribution in [0.1, 0.15) is 30.5 Å². The number of quaternary nitrogens is 1. The summed E-state index contributed by atoms with van der Waals surface area (Å²) >= 11 is 0. The number of fused-ring (bicyclic) bond motifs is 4. The quantitative estimate of drug-likeness (QED) is 0.417. The van der Waals surface area contributed by atoms with Crippen LogP contribution >= 0.6 is 0 Å². The van der Waals surface area contributed by atoms with Crippen molar-refractivity contribution in [2.45, 2.75) is 31.9 Å². The van der Waals surface area contributed by atoms with Gasteiger partial charge in [-0.15, -0.1) is 0 Å². The second-order valence-corrected chi connectivity index (χ2v) is 5.86. The topological polar surface area (TPSA) is 63.3 Å². The summed E-state index contributed by atoms with van der Waals surface area (Å²) in [5.41, 5.74) is 4.56. The van der Waals surface area contributed by atoms with Crippen LogP contribution in [0.25, 0.3) is 0 Å². The Kier molecular flexibility index (Phi) is 2.65. The lowest BCUT2D eigenvalue weighted by molar-refractivity contribution is -0.899. The van der Waals surface area contributed by atoms with Gasteiger partial charge in [0.05, 0.1) is 13.0 Å². The van der Waals surface area contributed by atoms with Gasteiger partial charge in [-0.25, -0.2) is 4.79 Å². The molecule has 1 aromatic carbocycles. The lowest BCUT2D eigenvalue weighted by Gasteiger charge is -2.37. The maximum absolute atomic E-state index is 12.0. The molecule has 108 valence electrons. The van der Waals surface area contributed by atoms with Crippen molar-refractivity contribution in [2.24, 2.45) is 5.16 Å². The lowest BCUT2D eigenvalue weighted by Crippen LogP contribution is -3.13. The largest absolute Gasteiger partial charge is 0.448 e. The van der Waals surface area contributed by atoms with Gasteiger partial charge in [0.15, 0.2) is 11.8 Å². The number of nitrogens with one attached hydrogen (secondary N) is 1. The summed E-state index contributed by atoms with van der Waals surface area (Å²) in [6.07, 6.45) is 1.32. The summed E-state index contributed by atoms with van der Waals surface area (Å²) in [7, 11) is 0. The Morgan fingerprint density at radius 2 is 2.19 bits per heavy atom. The first-order valence-electron chi connectivity index (χ1n) is 7.31. The van der Waals surface area contributed by atoms with E-state index in [0.29, 0.717) is 17.7 Å². The van der Waals surface area contributed by atoms with E-state index in [0.717, 1.165) is 18.7 Å². The third-order valence-electron chi connectivity index (χ3n) is 4.83. The smallest absolute Gasteiger partial charge is 0.346 e. The molecular weight excluding hydrogens is 268 g/mol. The second-order valence-electron chi connectivity index (χ2n) is 5.86. The minimum absolute atomic E-state index is 0.205. The zero-order chi connectivity index (χ0) is 14.6. The average Bonchev–Trinajstić information content (AvgIpc) is 2.81. The maximum atomic E-state index is 12.0. The van der Waals surface area contributed by atoms with E-state index in [1.807, 2.05) is 13.0 Å². The van der Waals surface area contributed by atoms with Crippen molar-refractivity contribution in [2.75, 3.05) is 6.54 Å². The van der Waals surface area contributed by atoms with E-state index < -0.39 is 0 Å². The first kappa shape index (κ1) is 12.6.